The zero-order valence-corrected chi connectivity index (χ0v) is 14.4. The zero-order chi connectivity index (χ0) is 17.8. The third-order valence-corrected chi connectivity index (χ3v) is 4.13. The fourth-order valence-corrected chi connectivity index (χ4v) is 2.66. The van der Waals surface area contributed by atoms with E-state index < -0.39 is 0 Å². The molecule has 0 unspecified atom stereocenters. The van der Waals surface area contributed by atoms with Gasteiger partial charge in [-0.25, -0.2) is 0 Å². The summed E-state index contributed by atoms with van der Waals surface area (Å²) in [7, 11) is 1.59. The van der Waals surface area contributed by atoms with E-state index in [9.17, 15) is 9.59 Å². The van der Waals surface area contributed by atoms with E-state index in [1.165, 1.54) is 0 Å². The minimum Gasteiger partial charge on any atom is -0.497 e. The zero-order valence-electron chi connectivity index (χ0n) is 13.6. The SMILES string of the molecule is COc1ccc2[nH]c(=O)c(CNC(=O)Cc3ccc(Cl)cc3)cc2c1. The van der Waals surface area contributed by atoms with E-state index >= 15 is 0 Å². The molecule has 0 spiro atoms. The van der Waals surface area contributed by atoms with Crippen LogP contribution >= 0.6 is 11.6 Å². The van der Waals surface area contributed by atoms with Crippen LogP contribution in [0.2, 0.25) is 5.02 Å². The Bertz CT molecular complexity index is 965. The third-order valence-electron chi connectivity index (χ3n) is 3.88. The second kappa shape index (κ2) is 7.40. The Labute approximate surface area is 149 Å². The first-order chi connectivity index (χ1) is 12.0. The van der Waals surface area contributed by atoms with Crippen LogP contribution in [0.3, 0.4) is 0 Å². The standard InChI is InChI=1S/C19H17ClN2O3/c1-25-16-6-7-17-13(10-16)9-14(19(24)22-17)11-21-18(23)8-12-2-4-15(20)5-3-12/h2-7,9-10H,8,11H2,1H3,(H,21,23)(H,22,24). The summed E-state index contributed by atoms with van der Waals surface area (Å²) < 4.78 is 5.19. The molecule has 3 aromatic rings. The van der Waals surface area contributed by atoms with Gasteiger partial charge in [0.1, 0.15) is 5.75 Å². The van der Waals surface area contributed by atoms with Gasteiger partial charge in [-0.05, 0) is 42.0 Å². The molecular formula is C19H17ClN2O3. The summed E-state index contributed by atoms with van der Waals surface area (Å²) in [5, 5.41) is 4.25. The van der Waals surface area contributed by atoms with Gasteiger partial charge in [0.2, 0.25) is 5.91 Å². The molecule has 1 heterocycles. The van der Waals surface area contributed by atoms with Crippen molar-refractivity contribution in [3.63, 3.8) is 0 Å². The van der Waals surface area contributed by atoms with E-state index in [4.69, 9.17) is 16.3 Å². The quantitative estimate of drug-likeness (QED) is 0.738. The van der Waals surface area contributed by atoms with Crippen molar-refractivity contribution in [1.29, 1.82) is 0 Å². The summed E-state index contributed by atoms with van der Waals surface area (Å²) in [4.78, 5) is 27.0. The first-order valence-electron chi connectivity index (χ1n) is 7.76. The number of aromatic amines is 1. The van der Waals surface area contributed by atoms with E-state index in [2.05, 4.69) is 10.3 Å². The number of fused-ring (bicyclic) bond motifs is 1. The topological polar surface area (TPSA) is 71.2 Å². The van der Waals surface area contributed by atoms with Crippen LogP contribution in [0.4, 0.5) is 0 Å². The molecule has 0 fully saturated rings. The highest BCUT2D eigenvalue weighted by Crippen LogP contribution is 2.18. The number of rotatable bonds is 5. The van der Waals surface area contributed by atoms with Gasteiger partial charge in [0, 0.05) is 28.0 Å². The first-order valence-corrected chi connectivity index (χ1v) is 8.14. The van der Waals surface area contributed by atoms with Gasteiger partial charge in [-0.15, -0.1) is 0 Å². The van der Waals surface area contributed by atoms with Crippen molar-refractivity contribution < 1.29 is 9.53 Å². The highest BCUT2D eigenvalue weighted by Gasteiger charge is 2.07. The number of hydrogen-bond donors (Lipinski definition) is 2. The lowest BCUT2D eigenvalue weighted by molar-refractivity contribution is -0.120. The molecule has 2 N–H and O–H groups in total. The molecule has 0 saturated carbocycles. The Morgan fingerprint density at radius 1 is 1.16 bits per heavy atom. The molecule has 25 heavy (non-hydrogen) atoms. The fourth-order valence-electron chi connectivity index (χ4n) is 2.53. The molecule has 0 aliphatic carbocycles. The number of benzene rings is 2. The highest BCUT2D eigenvalue weighted by molar-refractivity contribution is 6.30. The minimum absolute atomic E-state index is 0.160. The van der Waals surface area contributed by atoms with Gasteiger partial charge < -0.3 is 15.0 Å². The Hall–Kier alpha value is -2.79. The molecule has 6 heteroatoms. The van der Waals surface area contributed by atoms with E-state index in [1.54, 1.807) is 49.6 Å². The normalized spacial score (nSPS) is 10.6. The second-order valence-corrected chi connectivity index (χ2v) is 6.09. The van der Waals surface area contributed by atoms with Crippen LogP contribution in [-0.4, -0.2) is 18.0 Å². The number of carbonyl (C=O) groups is 1. The molecule has 0 aliphatic heterocycles. The van der Waals surface area contributed by atoms with Crippen molar-refractivity contribution in [2.75, 3.05) is 7.11 Å². The summed E-state index contributed by atoms with van der Waals surface area (Å²) in [5.41, 5.74) is 1.86. The van der Waals surface area contributed by atoms with Crippen LogP contribution in [0.15, 0.2) is 53.3 Å². The van der Waals surface area contributed by atoms with Crippen LogP contribution in [-0.2, 0) is 17.8 Å². The predicted octanol–water partition coefficient (Wildman–Crippen LogP) is 3.05. The maximum Gasteiger partial charge on any atom is 0.253 e. The second-order valence-electron chi connectivity index (χ2n) is 5.66. The monoisotopic (exact) mass is 356 g/mol. The lowest BCUT2D eigenvalue weighted by atomic mass is 10.1. The van der Waals surface area contributed by atoms with Crippen molar-refractivity contribution in [3.05, 3.63) is 75.0 Å². The lowest BCUT2D eigenvalue weighted by Crippen LogP contribution is -2.27. The Kier molecular flexibility index (Phi) is 5.05. The summed E-state index contributed by atoms with van der Waals surface area (Å²) in [6, 6.07) is 14.3. The number of carbonyl (C=O) groups excluding carboxylic acids is 1. The Morgan fingerprint density at radius 2 is 1.92 bits per heavy atom. The van der Waals surface area contributed by atoms with E-state index in [0.29, 0.717) is 16.3 Å². The number of aromatic nitrogens is 1. The number of pyridine rings is 1. The van der Waals surface area contributed by atoms with Gasteiger partial charge in [-0.2, -0.15) is 0 Å². The van der Waals surface area contributed by atoms with Crippen molar-refractivity contribution in [2.45, 2.75) is 13.0 Å². The maximum absolute atomic E-state index is 12.1. The molecule has 5 nitrogen and oxygen atoms in total. The molecule has 1 amide bonds. The molecule has 3 rings (SSSR count). The molecule has 0 saturated heterocycles. The fraction of sp³-hybridized carbons (Fsp3) is 0.158. The van der Waals surface area contributed by atoms with E-state index in [1.807, 2.05) is 6.07 Å². The Morgan fingerprint density at radius 3 is 2.64 bits per heavy atom. The molecule has 0 bridgehead atoms. The van der Waals surface area contributed by atoms with Crippen molar-refractivity contribution >= 4 is 28.4 Å². The van der Waals surface area contributed by atoms with Crippen LogP contribution < -0.4 is 15.6 Å². The largest absolute Gasteiger partial charge is 0.497 e. The smallest absolute Gasteiger partial charge is 0.253 e. The predicted molar refractivity (Wildman–Crippen MR) is 98.1 cm³/mol. The van der Waals surface area contributed by atoms with Crippen LogP contribution in [0.1, 0.15) is 11.1 Å². The van der Waals surface area contributed by atoms with E-state index in [0.717, 1.165) is 16.5 Å². The van der Waals surface area contributed by atoms with Gasteiger partial charge in [-0.3, -0.25) is 9.59 Å². The van der Waals surface area contributed by atoms with Gasteiger partial charge >= 0.3 is 0 Å². The molecular weight excluding hydrogens is 340 g/mol. The van der Waals surface area contributed by atoms with Gasteiger partial charge in [0.25, 0.3) is 5.56 Å². The summed E-state index contributed by atoms with van der Waals surface area (Å²) in [6.07, 6.45) is 0.233. The molecule has 128 valence electrons. The number of methoxy groups -OCH3 is 1. The average molecular weight is 357 g/mol. The highest BCUT2D eigenvalue weighted by atomic mass is 35.5. The number of H-pyrrole nitrogens is 1. The first kappa shape index (κ1) is 17.0. The van der Waals surface area contributed by atoms with Crippen molar-refractivity contribution in [1.82, 2.24) is 10.3 Å². The van der Waals surface area contributed by atoms with Crippen LogP contribution in [0.5, 0.6) is 5.75 Å². The summed E-state index contributed by atoms with van der Waals surface area (Å²) in [6.45, 7) is 0.162. The van der Waals surface area contributed by atoms with Gasteiger partial charge in [0.15, 0.2) is 0 Å². The summed E-state index contributed by atoms with van der Waals surface area (Å²) in [5.74, 6) is 0.546. The molecule has 2 aromatic carbocycles. The minimum atomic E-state index is -0.218. The van der Waals surface area contributed by atoms with Crippen LogP contribution in [0.25, 0.3) is 10.9 Å². The van der Waals surface area contributed by atoms with Gasteiger partial charge in [-0.1, -0.05) is 23.7 Å². The maximum atomic E-state index is 12.1. The molecule has 0 radical (unpaired) electrons. The van der Waals surface area contributed by atoms with Crippen molar-refractivity contribution in [3.8, 4) is 5.75 Å². The number of hydrogen-bond acceptors (Lipinski definition) is 3. The van der Waals surface area contributed by atoms with E-state index in [-0.39, 0.29) is 24.4 Å². The van der Waals surface area contributed by atoms with Crippen LogP contribution in [0, 0.1) is 0 Å². The third kappa shape index (κ3) is 4.19. The number of ether oxygens (including phenoxy) is 1. The Balaban J connectivity index is 1.71. The van der Waals surface area contributed by atoms with Crippen molar-refractivity contribution in [2.24, 2.45) is 0 Å². The average Bonchev–Trinajstić information content (AvgIpc) is 2.61. The molecule has 0 atom stereocenters. The number of halogens is 1. The summed E-state index contributed by atoms with van der Waals surface area (Å²) >= 11 is 5.83. The number of nitrogens with one attached hydrogen (secondary N) is 2. The van der Waals surface area contributed by atoms with Gasteiger partial charge in [0.05, 0.1) is 13.5 Å². The molecule has 0 aliphatic rings. The lowest BCUT2D eigenvalue weighted by Gasteiger charge is -2.07. The molecule has 1 aromatic heterocycles. The number of amides is 1.